The Morgan fingerprint density at radius 3 is 2.30 bits per heavy atom. The molecule has 1 amide bonds. The zero-order chi connectivity index (χ0) is 13.9. The van der Waals surface area contributed by atoms with Gasteiger partial charge in [0.1, 0.15) is 6.10 Å². The number of carbonyl (C=O) groups excluding carboxylic acids is 1. The summed E-state index contributed by atoms with van der Waals surface area (Å²) in [6, 6.07) is 18.5. The highest BCUT2D eigenvalue weighted by Gasteiger charge is 2.37. The number of cyclic esters (lactones) is 1. The number of nitrogens with zero attached hydrogens (tertiary/aromatic N) is 1. The molecule has 2 aromatic carbocycles. The lowest BCUT2D eigenvalue weighted by Gasteiger charge is -2.17. The topological polar surface area (TPSA) is 49.8 Å². The lowest BCUT2D eigenvalue weighted by Crippen LogP contribution is -2.26. The maximum absolute atomic E-state index is 11.9. The van der Waals surface area contributed by atoms with Crippen molar-refractivity contribution in [2.75, 3.05) is 11.4 Å². The first-order chi connectivity index (χ1) is 9.75. The molecule has 1 aliphatic heterocycles. The van der Waals surface area contributed by atoms with Gasteiger partial charge in [0.15, 0.2) is 6.10 Å². The molecule has 3 rings (SSSR count). The smallest absolute Gasteiger partial charge is 0.414 e. The van der Waals surface area contributed by atoms with Gasteiger partial charge >= 0.3 is 6.09 Å². The largest absolute Gasteiger partial charge is 0.441 e. The van der Waals surface area contributed by atoms with Gasteiger partial charge in [-0.1, -0.05) is 48.5 Å². The maximum Gasteiger partial charge on any atom is 0.414 e. The number of amides is 1. The van der Waals surface area contributed by atoms with Gasteiger partial charge in [-0.3, -0.25) is 4.90 Å². The summed E-state index contributed by atoms with van der Waals surface area (Å²) in [5, 5.41) is 10.3. The second kappa shape index (κ2) is 5.35. The molecule has 20 heavy (non-hydrogen) atoms. The number of hydrogen-bond acceptors (Lipinski definition) is 3. The molecule has 2 aromatic rings. The normalized spacial score (nSPS) is 19.8. The molecular formula is C16H15NO3. The summed E-state index contributed by atoms with van der Waals surface area (Å²) in [6.45, 7) is 0.346. The molecule has 102 valence electrons. The fraction of sp³-hybridized carbons (Fsp3) is 0.188. The standard InChI is InChI=1S/C16H15NO3/c18-15(12-7-3-1-4-8-12)14-11-17(16(19)20-14)13-9-5-2-6-10-13/h1-10,14-15,18H,11H2/t14-,15+/m0/s1. The Bertz CT molecular complexity index is 585. The van der Waals surface area contributed by atoms with Gasteiger partial charge in [0.25, 0.3) is 0 Å². The van der Waals surface area contributed by atoms with E-state index in [4.69, 9.17) is 4.74 Å². The van der Waals surface area contributed by atoms with E-state index in [0.29, 0.717) is 6.54 Å². The number of ether oxygens (including phenoxy) is 1. The van der Waals surface area contributed by atoms with E-state index in [-0.39, 0.29) is 0 Å². The Labute approximate surface area is 117 Å². The predicted molar refractivity (Wildman–Crippen MR) is 75.5 cm³/mol. The average Bonchev–Trinajstić information content (AvgIpc) is 2.90. The summed E-state index contributed by atoms with van der Waals surface area (Å²) < 4.78 is 5.28. The van der Waals surface area contributed by atoms with E-state index in [1.165, 1.54) is 4.90 Å². The molecule has 0 saturated carbocycles. The van der Waals surface area contributed by atoms with Gasteiger partial charge in [-0.25, -0.2) is 4.79 Å². The summed E-state index contributed by atoms with van der Waals surface area (Å²) in [6.07, 6.45) is -1.78. The van der Waals surface area contributed by atoms with Gasteiger partial charge in [0.2, 0.25) is 0 Å². The first-order valence-corrected chi connectivity index (χ1v) is 6.52. The van der Waals surface area contributed by atoms with Crippen LogP contribution >= 0.6 is 0 Å². The minimum absolute atomic E-state index is 0.346. The van der Waals surface area contributed by atoms with Crippen LogP contribution in [0.2, 0.25) is 0 Å². The highest BCUT2D eigenvalue weighted by Crippen LogP contribution is 2.28. The molecule has 0 radical (unpaired) electrons. The van der Waals surface area contributed by atoms with Crippen LogP contribution in [0, 0.1) is 0 Å². The van der Waals surface area contributed by atoms with E-state index in [1.807, 2.05) is 60.7 Å². The molecule has 4 heteroatoms. The highest BCUT2D eigenvalue weighted by atomic mass is 16.6. The fourth-order valence-corrected chi connectivity index (χ4v) is 2.33. The van der Waals surface area contributed by atoms with Crippen molar-refractivity contribution in [3.63, 3.8) is 0 Å². The van der Waals surface area contributed by atoms with E-state index in [9.17, 15) is 9.90 Å². The first-order valence-electron chi connectivity index (χ1n) is 6.52. The molecule has 0 aromatic heterocycles. The molecule has 0 aliphatic carbocycles. The number of para-hydroxylation sites is 1. The summed E-state index contributed by atoms with van der Waals surface area (Å²) >= 11 is 0. The van der Waals surface area contributed by atoms with Crippen molar-refractivity contribution in [1.29, 1.82) is 0 Å². The van der Waals surface area contributed by atoms with Crippen molar-refractivity contribution in [2.24, 2.45) is 0 Å². The zero-order valence-corrected chi connectivity index (χ0v) is 10.8. The minimum atomic E-state index is -0.811. The Kier molecular flexibility index (Phi) is 3.39. The van der Waals surface area contributed by atoms with Crippen LogP contribution in [-0.2, 0) is 4.74 Å². The Balaban J connectivity index is 1.77. The molecule has 2 atom stereocenters. The molecule has 4 nitrogen and oxygen atoms in total. The second-order valence-electron chi connectivity index (χ2n) is 4.72. The Morgan fingerprint density at radius 1 is 1.05 bits per heavy atom. The second-order valence-corrected chi connectivity index (χ2v) is 4.72. The highest BCUT2D eigenvalue weighted by molar-refractivity contribution is 5.89. The van der Waals surface area contributed by atoms with Crippen molar-refractivity contribution in [3.05, 3.63) is 66.2 Å². The predicted octanol–water partition coefficient (Wildman–Crippen LogP) is 2.75. The fourth-order valence-electron chi connectivity index (χ4n) is 2.33. The number of benzene rings is 2. The molecule has 1 fully saturated rings. The van der Waals surface area contributed by atoms with Gasteiger partial charge in [0.05, 0.1) is 6.54 Å². The van der Waals surface area contributed by atoms with E-state index < -0.39 is 18.3 Å². The SMILES string of the molecule is O=C1O[C@H]([C@H](O)c2ccccc2)CN1c1ccccc1. The van der Waals surface area contributed by atoms with Crippen LogP contribution in [0.1, 0.15) is 11.7 Å². The van der Waals surface area contributed by atoms with Gasteiger partial charge in [0, 0.05) is 5.69 Å². The summed E-state index contributed by atoms with van der Waals surface area (Å²) in [7, 11) is 0. The third-order valence-corrected chi connectivity index (χ3v) is 3.40. The molecule has 0 spiro atoms. The number of rotatable bonds is 3. The monoisotopic (exact) mass is 269 g/mol. The van der Waals surface area contributed by atoms with Gasteiger partial charge in [-0.2, -0.15) is 0 Å². The quantitative estimate of drug-likeness (QED) is 0.932. The van der Waals surface area contributed by atoms with E-state index in [1.54, 1.807) is 0 Å². The van der Waals surface area contributed by atoms with E-state index >= 15 is 0 Å². The van der Waals surface area contributed by atoms with Gasteiger partial charge < -0.3 is 9.84 Å². The van der Waals surface area contributed by atoms with Crippen LogP contribution in [0.4, 0.5) is 10.5 Å². The van der Waals surface area contributed by atoms with Crippen LogP contribution in [0.5, 0.6) is 0 Å². The first kappa shape index (κ1) is 12.7. The minimum Gasteiger partial charge on any atom is -0.441 e. The number of aliphatic hydroxyl groups excluding tert-OH is 1. The molecule has 0 unspecified atom stereocenters. The molecule has 1 heterocycles. The summed E-state index contributed by atoms with van der Waals surface area (Å²) in [5.41, 5.74) is 1.53. The van der Waals surface area contributed by atoms with E-state index in [0.717, 1.165) is 11.3 Å². The third-order valence-electron chi connectivity index (χ3n) is 3.40. The Hall–Kier alpha value is -2.33. The number of carbonyl (C=O) groups is 1. The maximum atomic E-state index is 11.9. The van der Waals surface area contributed by atoms with Crippen LogP contribution in [0.25, 0.3) is 0 Å². The van der Waals surface area contributed by atoms with Gasteiger partial charge in [-0.15, -0.1) is 0 Å². The molecule has 1 aliphatic rings. The van der Waals surface area contributed by atoms with Crippen LogP contribution in [0.15, 0.2) is 60.7 Å². The van der Waals surface area contributed by atoms with Crippen molar-refractivity contribution < 1.29 is 14.6 Å². The van der Waals surface area contributed by atoms with E-state index in [2.05, 4.69) is 0 Å². The number of hydrogen-bond donors (Lipinski definition) is 1. The van der Waals surface area contributed by atoms with Gasteiger partial charge in [-0.05, 0) is 17.7 Å². The van der Waals surface area contributed by atoms with Crippen molar-refractivity contribution in [2.45, 2.75) is 12.2 Å². The molecule has 0 bridgehead atoms. The summed E-state index contributed by atoms with van der Waals surface area (Å²) in [4.78, 5) is 13.5. The lowest BCUT2D eigenvalue weighted by atomic mass is 10.0. The van der Waals surface area contributed by atoms with Crippen molar-refractivity contribution >= 4 is 11.8 Å². The molecule has 1 saturated heterocycles. The van der Waals surface area contributed by atoms with Crippen LogP contribution in [0.3, 0.4) is 0 Å². The number of anilines is 1. The number of aliphatic hydroxyl groups is 1. The zero-order valence-electron chi connectivity index (χ0n) is 10.8. The average molecular weight is 269 g/mol. The van der Waals surface area contributed by atoms with Crippen LogP contribution < -0.4 is 4.90 Å². The molecular weight excluding hydrogens is 254 g/mol. The molecule has 1 N–H and O–H groups in total. The lowest BCUT2D eigenvalue weighted by molar-refractivity contribution is 0.0319. The third kappa shape index (κ3) is 2.38. The van der Waals surface area contributed by atoms with Crippen LogP contribution in [-0.4, -0.2) is 23.8 Å². The summed E-state index contributed by atoms with van der Waals surface area (Å²) in [5.74, 6) is 0. The Morgan fingerprint density at radius 2 is 1.65 bits per heavy atom. The van der Waals surface area contributed by atoms with Crippen molar-refractivity contribution in [1.82, 2.24) is 0 Å². The van der Waals surface area contributed by atoms with Crippen molar-refractivity contribution in [3.8, 4) is 0 Å².